The van der Waals surface area contributed by atoms with Crippen LogP contribution in [0.25, 0.3) is 0 Å². The maximum absolute atomic E-state index is 3.93. The van der Waals surface area contributed by atoms with Crippen molar-refractivity contribution in [3.8, 4) is 0 Å². The Hall–Kier alpha value is -0.770. The van der Waals surface area contributed by atoms with Crippen LogP contribution in [0, 0.1) is 0 Å². The smallest absolute Gasteiger partial charge is 0.148 e. The van der Waals surface area contributed by atoms with Crippen LogP contribution in [0.15, 0.2) is 18.3 Å². The molecule has 0 fully saturated rings. The van der Waals surface area contributed by atoms with Crippen molar-refractivity contribution in [2.75, 3.05) is 18.1 Å². The van der Waals surface area contributed by atoms with Crippen LogP contribution in [0.1, 0.15) is 13.3 Å². The van der Waals surface area contributed by atoms with Crippen molar-refractivity contribution >= 4 is 17.6 Å². The summed E-state index contributed by atoms with van der Waals surface area (Å²) in [6.45, 7) is 3.18. The van der Waals surface area contributed by atoms with Crippen molar-refractivity contribution in [3.63, 3.8) is 0 Å². The number of nitrogens with one attached hydrogen (secondary N) is 1. The first-order valence-electron chi connectivity index (χ1n) is 4.37. The highest BCUT2D eigenvalue weighted by Crippen LogP contribution is 2.09. The number of anilines is 1. The first kappa shape index (κ1) is 10.3. The first-order chi connectivity index (χ1) is 6.33. The van der Waals surface area contributed by atoms with Gasteiger partial charge in [0.1, 0.15) is 5.82 Å². The van der Waals surface area contributed by atoms with Crippen molar-refractivity contribution in [3.05, 3.63) is 18.3 Å². The zero-order chi connectivity index (χ0) is 9.52. The van der Waals surface area contributed by atoms with Gasteiger partial charge in [-0.05, 0) is 24.8 Å². The molecule has 1 atom stereocenters. The zero-order valence-corrected chi connectivity index (χ0v) is 8.84. The lowest BCUT2D eigenvalue weighted by Crippen LogP contribution is -2.08. The van der Waals surface area contributed by atoms with Crippen LogP contribution in [0.4, 0.5) is 5.82 Å². The highest BCUT2D eigenvalue weighted by atomic mass is 32.2. The summed E-state index contributed by atoms with van der Waals surface area (Å²) in [6, 6.07) is 3.81. The molecule has 1 heterocycles. The largest absolute Gasteiger partial charge is 0.369 e. The quantitative estimate of drug-likeness (QED) is 0.783. The van der Waals surface area contributed by atoms with Gasteiger partial charge in [0.05, 0.1) is 0 Å². The fraction of sp³-hybridized carbons (Fsp3) is 0.556. The molecule has 0 aromatic carbocycles. The maximum atomic E-state index is 3.93. The fourth-order valence-corrected chi connectivity index (χ4v) is 1.27. The molecule has 0 bridgehead atoms. The van der Waals surface area contributed by atoms with Gasteiger partial charge in [-0.3, -0.25) is 0 Å². The first-order valence-corrected chi connectivity index (χ1v) is 5.66. The number of rotatable bonds is 5. The van der Waals surface area contributed by atoms with E-state index in [4.69, 9.17) is 0 Å². The molecule has 1 unspecified atom stereocenters. The van der Waals surface area contributed by atoms with E-state index in [0.29, 0.717) is 5.25 Å². The summed E-state index contributed by atoms with van der Waals surface area (Å²) in [4.78, 5) is 0. The minimum absolute atomic E-state index is 0.698. The van der Waals surface area contributed by atoms with E-state index in [-0.39, 0.29) is 0 Å². The molecule has 0 aliphatic carbocycles. The number of aromatic nitrogens is 2. The Morgan fingerprint density at radius 3 is 3.08 bits per heavy atom. The van der Waals surface area contributed by atoms with E-state index in [1.807, 2.05) is 23.9 Å². The summed E-state index contributed by atoms with van der Waals surface area (Å²) in [5.74, 6) is 0.857. The van der Waals surface area contributed by atoms with Crippen LogP contribution in [-0.2, 0) is 0 Å². The van der Waals surface area contributed by atoms with Crippen molar-refractivity contribution in [1.29, 1.82) is 0 Å². The molecule has 1 aromatic heterocycles. The number of thioether (sulfide) groups is 1. The molecule has 0 aliphatic heterocycles. The van der Waals surface area contributed by atoms with E-state index >= 15 is 0 Å². The Morgan fingerprint density at radius 1 is 1.62 bits per heavy atom. The molecule has 1 aromatic rings. The second-order valence-corrected chi connectivity index (χ2v) is 4.15. The number of hydrogen-bond donors (Lipinski definition) is 1. The number of hydrogen-bond acceptors (Lipinski definition) is 4. The Balaban J connectivity index is 2.20. The molecule has 3 nitrogen and oxygen atoms in total. The summed E-state index contributed by atoms with van der Waals surface area (Å²) in [6.07, 6.45) is 4.96. The highest BCUT2D eigenvalue weighted by Gasteiger charge is 1.98. The SMILES string of the molecule is CSC(C)CCNc1cccnn1. The van der Waals surface area contributed by atoms with E-state index < -0.39 is 0 Å². The molecule has 4 heteroatoms. The van der Waals surface area contributed by atoms with E-state index in [0.717, 1.165) is 18.8 Å². The topological polar surface area (TPSA) is 37.8 Å². The third-order valence-corrected chi connectivity index (χ3v) is 2.87. The Kier molecular flexibility index (Phi) is 4.60. The molecule has 13 heavy (non-hydrogen) atoms. The average Bonchev–Trinajstić information content (AvgIpc) is 2.19. The van der Waals surface area contributed by atoms with Gasteiger partial charge in [0.25, 0.3) is 0 Å². The van der Waals surface area contributed by atoms with Crippen LogP contribution in [-0.4, -0.2) is 28.2 Å². The second-order valence-electron chi connectivity index (χ2n) is 2.87. The predicted octanol–water partition coefficient (Wildman–Crippen LogP) is 2.03. The molecule has 0 saturated carbocycles. The summed E-state index contributed by atoms with van der Waals surface area (Å²) < 4.78 is 0. The van der Waals surface area contributed by atoms with Gasteiger partial charge in [0.2, 0.25) is 0 Å². The van der Waals surface area contributed by atoms with Crippen LogP contribution in [0.2, 0.25) is 0 Å². The highest BCUT2D eigenvalue weighted by molar-refractivity contribution is 7.99. The van der Waals surface area contributed by atoms with Crippen molar-refractivity contribution < 1.29 is 0 Å². The van der Waals surface area contributed by atoms with Gasteiger partial charge >= 0.3 is 0 Å². The van der Waals surface area contributed by atoms with E-state index in [1.165, 1.54) is 0 Å². The molecular weight excluding hydrogens is 182 g/mol. The lowest BCUT2D eigenvalue weighted by atomic mass is 10.3. The summed E-state index contributed by atoms with van der Waals surface area (Å²) >= 11 is 1.88. The molecule has 72 valence electrons. The minimum Gasteiger partial charge on any atom is -0.369 e. The van der Waals surface area contributed by atoms with Gasteiger partial charge in [-0.2, -0.15) is 16.9 Å². The molecule has 1 N–H and O–H groups in total. The van der Waals surface area contributed by atoms with Gasteiger partial charge in [-0.25, -0.2) is 0 Å². The van der Waals surface area contributed by atoms with Crippen molar-refractivity contribution in [2.45, 2.75) is 18.6 Å². The molecule has 1 rings (SSSR count). The lowest BCUT2D eigenvalue weighted by molar-refractivity contribution is 0.845. The van der Waals surface area contributed by atoms with E-state index in [1.54, 1.807) is 6.20 Å². The van der Waals surface area contributed by atoms with Gasteiger partial charge in [0.15, 0.2) is 0 Å². The Morgan fingerprint density at radius 2 is 2.46 bits per heavy atom. The molecule has 0 amide bonds. The van der Waals surface area contributed by atoms with Gasteiger partial charge in [-0.15, -0.1) is 5.10 Å². The van der Waals surface area contributed by atoms with Crippen LogP contribution >= 0.6 is 11.8 Å². The summed E-state index contributed by atoms with van der Waals surface area (Å²) in [5, 5.41) is 11.6. The Bertz CT molecular complexity index is 228. The molecule has 0 aliphatic rings. The maximum Gasteiger partial charge on any atom is 0.148 e. The summed E-state index contributed by atoms with van der Waals surface area (Å²) in [5.41, 5.74) is 0. The number of nitrogens with zero attached hydrogens (tertiary/aromatic N) is 2. The molecule has 0 radical (unpaired) electrons. The van der Waals surface area contributed by atoms with Crippen molar-refractivity contribution in [2.24, 2.45) is 0 Å². The fourth-order valence-electron chi connectivity index (χ4n) is 0.917. The Labute approximate surface area is 83.3 Å². The van der Waals surface area contributed by atoms with Crippen LogP contribution in [0.5, 0.6) is 0 Å². The van der Waals surface area contributed by atoms with Gasteiger partial charge in [-0.1, -0.05) is 6.92 Å². The van der Waals surface area contributed by atoms with Crippen LogP contribution in [0.3, 0.4) is 0 Å². The molecular formula is C9H15N3S. The third-order valence-electron chi connectivity index (χ3n) is 1.83. The lowest BCUT2D eigenvalue weighted by Gasteiger charge is -2.08. The normalized spacial score (nSPS) is 12.5. The van der Waals surface area contributed by atoms with Gasteiger partial charge in [0, 0.05) is 18.0 Å². The van der Waals surface area contributed by atoms with Crippen molar-refractivity contribution in [1.82, 2.24) is 10.2 Å². The molecule has 0 saturated heterocycles. The molecule has 0 spiro atoms. The van der Waals surface area contributed by atoms with Crippen LogP contribution < -0.4 is 5.32 Å². The zero-order valence-electron chi connectivity index (χ0n) is 8.03. The predicted molar refractivity (Wildman–Crippen MR) is 58.1 cm³/mol. The van der Waals surface area contributed by atoms with E-state index in [2.05, 4.69) is 28.7 Å². The monoisotopic (exact) mass is 197 g/mol. The van der Waals surface area contributed by atoms with E-state index in [9.17, 15) is 0 Å². The second kappa shape index (κ2) is 5.80. The minimum atomic E-state index is 0.698. The third kappa shape index (κ3) is 4.12. The summed E-state index contributed by atoms with van der Waals surface area (Å²) in [7, 11) is 0. The van der Waals surface area contributed by atoms with Gasteiger partial charge < -0.3 is 5.32 Å². The standard InChI is InChI=1S/C9H15N3S/c1-8(13-2)5-7-10-9-4-3-6-11-12-9/h3-4,6,8H,5,7H2,1-2H3,(H,10,12). The average molecular weight is 197 g/mol.